The van der Waals surface area contributed by atoms with Crippen molar-refractivity contribution in [1.82, 2.24) is 9.78 Å². The Bertz CT molecular complexity index is 397. The standard InChI is InChI=1S/C12H17N3O/c1-12(2,9-13)10-7-14-15(8-10)11-5-3-4-6-16-11/h7-8,11H,3-6H2,1-2H3. The molecule has 0 aliphatic carbocycles. The number of rotatable bonds is 2. The predicted octanol–water partition coefficient (Wildman–Crippen LogP) is 2.38. The van der Waals surface area contributed by atoms with Gasteiger partial charge in [-0.05, 0) is 33.1 Å². The maximum absolute atomic E-state index is 9.05. The van der Waals surface area contributed by atoms with Crippen molar-refractivity contribution < 1.29 is 4.74 Å². The normalized spacial score (nSPS) is 21.7. The summed E-state index contributed by atoms with van der Waals surface area (Å²) in [5.74, 6) is 0. The van der Waals surface area contributed by atoms with Crippen LogP contribution in [0.2, 0.25) is 0 Å². The van der Waals surface area contributed by atoms with Gasteiger partial charge in [-0.3, -0.25) is 0 Å². The number of aromatic nitrogens is 2. The Balaban J connectivity index is 2.16. The van der Waals surface area contributed by atoms with Gasteiger partial charge in [-0.15, -0.1) is 0 Å². The van der Waals surface area contributed by atoms with E-state index in [0.29, 0.717) is 0 Å². The van der Waals surface area contributed by atoms with Gasteiger partial charge in [-0.1, -0.05) is 0 Å². The van der Waals surface area contributed by atoms with Crippen LogP contribution in [0.15, 0.2) is 12.4 Å². The van der Waals surface area contributed by atoms with E-state index < -0.39 is 5.41 Å². The molecule has 1 aliphatic rings. The van der Waals surface area contributed by atoms with Crippen molar-refractivity contribution >= 4 is 0 Å². The second-order valence-electron chi connectivity index (χ2n) is 4.77. The van der Waals surface area contributed by atoms with E-state index in [1.54, 1.807) is 6.20 Å². The Hall–Kier alpha value is -1.34. The third kappa shape index (κ3) is 2.10. The average molecular weight is 219 g/mol. The van der Waals surface area contributed by atoms with Crippen molar-refractivity contribution in [3.05, 3.63) is 18.0 Å². The van der Waals surface area contributed by atoms with Crippen LogP contribution in [0.3, 0.4) is 0 Å². The molecule has 2 heterocycles. The molecule has 1 atom stereocenters. The minimum Gasteiger partial charge on any atom is -0.357 e. The molecule has 0 N–H and O–H groups in total. The first-order valence-electron chi connectivity index (χ1n) is 5.71. The van der Waals surface area contributed by atoms with Gasteiger partial charge in [0.15, 0.2) is 0 Å². The molecule has 1 fully saturated rings. The lowest BCUT2D eigenvalue weighted by Gasteiger charge is -2.22. The van der Waals surface area contributed by atoms with Gasteiger partial charge in [-0.2, -0.15) is 10.4 Å². The van der Waals surface area contributed by atoms with Crippen LogP contribution in [0.1, 0.15) is 44.9 Å². The van der Waals surface area contributed by atoms with Crippen LogP contribution in [0.4, 0.5) is 0 Å². The van der Waals surface area contributed by atoms with E-state index in [1.807, 2.05) is 24.7 Å². The zero-order valence-corrected chi connectivity index (χ0v) is 9.81. The van der Waals surface area contributed by atoms with E-state index in [-0.39, 0.29) is 6.23 Å². The van der Waals surface area contributed by atoms with E-state index in [2.05, 4.69) is 11.2 Å². The van der Waals surface area contributed by atoms with Crippen molar-refractivity contribution in [3.63, 3.8) is 0 Å². The zero-order chi connectivity index (χ0) is 11.6. The van der Waals surface area contributed by atoms with E-state index >= 15 is 0 Å². The summed E-state index contributed by atoms with van der Waals surface area (Å²) in [6, 6.07) is 2.28. The molecule has 0 bridgehead atoms. The van der Waals surface area contributed by atoms with Crippen LogP contribution in [0, 0.1) is 11.3 Å². The van der Waals surface area contributed by atoms with E-state index in [0.717, 1.165) is 25.0 Å². The van der Waals surface area contributed by atoms with Crippen LogP contribution < -0.4 is 0 Å². The quantitative estimate of drug-likeness (QED) is 0.767. The van der Waals surface area contributed by atoms with Gasteiger partial charge in [0, 0.05) is 18.4 Å². The summed E-state index contributed by atoms with van der Waals surface area (Å²) in [4.78, 5) is 0. The van der Waals surface area contributed by atoms with E-state index in [1.165, 1.54) is 6.42 Å². The molecule has 1 aliphatic heterocycles. The monoisotopic (exact) mass is 219 g/mol. The Morgan fingerprint density at radius 3 is 3.00 bits per heavy atom. The third-order valence-corrected chi connectivity index (χ3v) is 3.05. The zero-order valence-electron chi connectivity index (χ0n) is 9.81. The van der Waals surface area contributed by atoms with E-state index in [4.69, 9.17) is 10.00 Å². The molecule has 1 saturated heterocycles. The lowest BCUT2D eigenvalue weighted by Crippen LogP contribution is -2.19. The van der Waals surface area contributed by atoms with Gasteiger partial charge >= 0.3 is 0 Å². The summed E-state index contributed by atoms with van der Waals surface area (Å²) in [6.07, 6.45) is 7.07. The molecule has 1 aromatic rings. The van der Waals surface area contributed by atoms with Gasteiger partial charge in [0.25, 0.3) is 0 Å². The molecule has 1 unspecified atom stereocenters. The summed E-state index contributed by atoms with van der Waals surface area (Å²) in [6.45, 7) is 4.60. The maximum atomic E-state index is 9.05. The molecule has 1 aromatic heterocycles. The van der Waals surface area contributed by atoms with Crippen LogP contribution >= 0.6 is 0 Å². The number of nitrogens with zero attached hydrogens (tertiary/aromatic N) is 3. The molecule has 4 heteroatoms. The number of hydrogen-bond acceptors (Lipinski definition) is 3. The lowest BCUT2D eigenvalue weighted by molar-refractivity contribution is -0.0395. The Morgan fingerprint density at radius 2 is 2.38 bits per heavy atom. The van der Waals surface area contributed by atoms with Gasteiger partial charge < -0.3 is 4.74 Å². The molecule has 0 aromatic carbocycles. The number of ether oxygens (including phenoxy) is 1. The van der Waals surface area contributed by atoms with E-state index in [9.17, 15) is 0 Å². The molecular formula is C12H17N3O. The second-order valence-corrected chi connectivity index (χ2v) is 4.77. The Labute approximate surface area is 95.8 Å². The summed E-state index contributed by atoms with van der Waals surface area (Å²) in [7, 11) is 0. The highest BCUT2D eigenvalue weighted by atomic mass is 16.5. The first kappa shape index (κ1) is 11.2. The van der Waals surface area contributed by atoms with Crippen molar-refractivity contribution in [2.45, 2.75) is 44.8 Å². The average Bonchev–Trinajstić information content (AvgIpc) is 2.80. The topological polar surface area (TPSA) is 50.8 Å². The Kier molecular flexibility index (Phi) is 2.97. The van der Waals surface area contributed by atoms with Crippen LogP contribution in [0.5, 0.6) is 0 Å². The van der Waals surface area contributed by atoms with Crippen molar-refractivity contribution in [2.24, 2.45) is 0 Å². The van der Waals surface area contributed by atoms with Gasteiger partial charge in [-0.25, -0.2) is 4.68 Å². The molecule has 0 saturated carbocycles. The SMILES string of the molecule is CC(C)(C#N)c1cnn(C2CCCCO2)c1. The fourth-order valence-corrected chi connectivity index (χ4v) is 1.82. The number of hydrogen-bond donors (Lipinski definition) is 0. The van der Waals surface area contributed by atoms with Crippen LogP contribution in [-0.4, -0.2) is 16.4 Å². The number of nitriles is 1. The van der Waals surface area contributed by atoms with Gasteiger partial charge in [0.05, 0.1) is 17.7 Å². The largest absolute Gasteiger partial charge is 0.357 e. The molecule has 0 amide bonds. The minimum atomic E-state index is -0.479. The molecule has 0 spiro atoms. The molecule has 4 nitrogen and oxygen atoms in total. The summed E-state index contributed by atoms with van der Waals surface area (Å²) >= 11 is 0. The van der Waals surface area contributed by atoms with Crippen molar-refractivity contribution in [3.8, 4) is 6.07 Å². The highest BCUT2D eigenvalue weighted by molar-refractivity contribution is 5.25. The first-order valence-corrected chi connectivity index (χ1v) is 5.71. The molecule has 16 heavy (non-hydrogen) atoms. The fraction of sp³-hybridized carbons (Fsp3) is 0.667. The minimum absolute atomic E-state index is 0.0528. The van der Waals surface area contributed by atoms with Crippen molar-refractivity contribution in [2.75, 3.05) is 6.61 Å². The smallest absolute Gasteiger partial charge is 0.150 e. The van der Waals surface area contributed by atoms with Crippen molar-refractivity contribution in [1.29, 1.82) is 5.26 Å². The van der Waals surface area contributed by atoms with Gasteiger partial charge in [0.1, 0.15) is 6.23 Å². The fourth-order valence-electron chi connectivity index (χ4n) is 1.82. The summed E-state index contributed by atoms with van der Waals surface area (Å²) in [5.41, 5.74) is 0.469. The highest BCUT2D eigenvalue weighted by Crippen LogP contribution is 2.26. The van der Waals surface area contributed by atoms with Crippen LogP contribution in [-0.2, 0) is 10.2 Å². The Morgan fingerprint density at radius 1 is 1.56 bits per heavy atom. The second kappa shape index (κ2) is 4.26. The molecule has 2 rings (SSSR count). The first-order chi connectivity index (χ1) is 7.63. The third-order valence-electron chi connectivity index (χ3n) is 3.05. The highest BCUT2D eigenvalue weighted by Gasteiger charge is 2.24. The predicted molar refractivity (Wildman–Crippen MR) is 59.7 cm³/mol. The lowest BCUT2D eigenvalue weighted by atomic mass is 9.89. The molecule has 86 valence electrons. The summed E-state index contributed by atoms with van der Waals surface area (Å²) < 4.78 is 7.48. The molecule has 0 radical (unpaired) electrons. The summed E-state index contributed by atoms with van der Waals surface area (Å²) in [5, 5.41) is 13.3. The maximum Gasteiger partial charge on any atom is 0.150 e. The van der Waals surface area contributed by atoms with Gasteiger partial charge in [0.2, 0.25) is 0 Å². The van der Waals surface area contributed by atoms with Crippen LogP contribution in [0.25, 0.3) is 0 Å². The molecular weight excluding hydrogens is 202 g/mol.